The van der Waals surface area contributed by atoms with Gasteiger partial charge in [-0.3, -0.25) is 0 Å². The average Bonchev–Trinajstić information content (AvgIpc) is 1.88. The summed E-state index contributed by atoms with van der Waals surface area (Å²) in [6, 6.07) is 0. The first-order chi connectivity index (χ1) is 4.79. The summed E-state index contributed by atoms with van der Waals surface area (Å²) in [6.45, 7) is 4.49. The summed E-state index contributed by atoms with van der Waals surface area (Å²) in [5.74, 6) is -0.137. The second-order valence-electron chi connectivity index (χ2n) is 2.36. The SMILES string of the molecule is C/C(F)=C/N1CCOCC1. The number of nitrogens with zero attached hydrogens (tertiary/aromatic N) is 1. The highest BCUT2D eigenvalue weighted by atomic mass is 19.1. The van der Waals surface area contributed by atoms with Crippen molar-refractivity contribution < 1.29 is 9.13 Å². The first kappa shape index (κ1) is 7.54. The van der Waals surface area contributed by atoms with Crippen molar-refractivity contribution in [2.45, 2.75) is 6.92 Å². The number of morpholine rings is 1. The van der Waals surface area contributed by atoms with Gasteiger partial charge in [0.05, 0.1) is 13.2 Å². The number of hydrogen-bond donors (Lipinski definition) is 0. The van der Waals surface area contributed by atoms with Gasteiger partial charge in [0.15, 0.2) is 0 Å². The molecule has 0 spiro atoms. The van der Waals surface area contributed by atoms with Gasteiger partial charge >= 0.3 is 0 Å². The van der Waals surface area contributed by atoms with Gasteiger partial charge in [0.1, 0.15) is 5.83 Å². The van der Waals surface area contributed by atoms with Crippen LogP contribution in [0.4, 0.5) is 4.39 Å². The highest BCUT2D eigenvalue weighted by Crippen LogP contribution is 2.01. The maximum atomic E-state index is 12.3. The monoisotopic (exact) mass is 145 g/mol. The van der Waals surface area contributed by atoms with Crippen molar-refractivity contribution in [3.63, 3.8) is 0 Å². The fraction of sp³-hybridized carbons (Fsp3) is 0.714. The molecule has 0 bridgehead atoms. The van der Waals surface area contributed by atoms with E-state index < -0.39 is 0 Å². The van der Waals surface area contributed by atoms with Crippen LogP contribution in [0.15, 0.2) is 12.0 Å². The first-order valence-electron chi connectivity index (χ1n) is 3.45. The van der Waals surface area contributed by atoms with E-state index >= 15 is 0 Å². The Kier molecular flexibility index (Phi) is 2.68. The van der Waals surface area contributed by atoms with E-state index in [0.717, 1.165) is 13.1 Å². The normalized spacial score (nSPS) is 21.4. The lowest BCUT2D eigenvalue weighted by Crippen LogP contribution is -2.32. The second kappa shape index (κ2) is 3.56. The number of hydrogen-bond acceptors (Lipinski definition) is 2. The Balaban J connectivity index is 2.33. The number of rotatable bonds is 1. The molecule has 1 aliphatic heterocycles. The molecule has 0 atom stereocenters. The van der Waals surface area contributed by atoms with Crippen molar-refractivity contribution in [2.75, 3.05) is 26.3 Å². The minimum absolute atomic E-state index is 0.137. The highest BCUT2D eigenvalue weighted by Gasteiger charge is 2.05. The Morgan fingerprint density at radius 3 is 2.60 bits per heavy atom. The molecule has 0 aromatic heterocycles. The van der Waals surface area contributed by atoms with Crippen molar-refractivity contribution in [1.82, 2.24) is 4.90 Å². The van der Waals surface area contributed by atoms with Gasteiger partial charge in [0, 0.05) is 19.3 Å². The van der Waals surface area contributed by atoms with Crippen LogP contribution in [0, 0.1) is 0 Å². The Morgan fingerprint density at radius 2 is 2.10 bits per heavy atom. The lowest BCUT2D eigenvalue weighted by atomic mass is 10.4. The van der Waals surface area contributed by atoms with Crippen LogP contribution in [0.3, 0.4) is 0 Å². The summed E-state index contributed by atoms with van der Waals surface area (Å²) in [7, 11) is 0. The smallest absolute Gasteiger partial charge is 0.113 e. The predicted octanol–water partition coefficient (Wildman–Crippen LogP) is 1.15. The van der Waals surface area contributed by atoms with Gasteiger partial charge in [-0.1, -0.05) is 0 Å². The third-order valence-corrected chi connectivity index (χ3v) is 1.41. The van der Waals surface area contributed by atoms with Gasteiger partial charge in [0.2, 0.25) is 0 Å². The molecule has 1 heterocycles. The quantitative estimate of drug-likeness (QED) is 0.548. The van der Waals surface area contributed by atoms with Crippen LogP contribution in [0.25, 0.3) is 0 Å². The largest absolute Gasteiger partial charge is 0.378 e. The van der Waals surface area contributed by atoms with Crippen molar-refractivity contribution in [1.29, 1.82) is 0 Å². The number of allylic oxidation sites excluding steroid dienone is 1. The first-order valence-corrected chi connectivity index (χ1v) is 3.45. The van der Waals surface area contributed by atoms with Gasteiger partial charge in [0.25, 0.3) is 0 Å². The van der Waals surface area contributed by atoms with E-state index in [0.29, 0.717) is 13.2 Å². The summed E-state index contributed by atoms with van der Waals surface area (Å²) in [6.07, 6.45) is 1.53. The standard InChI is InChI=1S/C7H12FNO/c1-7(8)6-9-2-4-10-5-3-9/h6H,2-5H2,1H3/b7-6-. The molecule has 2 nitrogen and oxygen atoms in total. The minimum Gasteiger partial charge on any atom is -0.378 e. The van der Waals surface area contributed by atoms with E-state index in [9.17, 15) is 4.39 Å². The number of halogens is 1. The molecule has 10 heavy (non-hydrogen) atoms. The van der Waals surface area contributed by atoms with Crippen LogP contribution in [0.5, 0.6) is 0 Å². The molecular formula is C7H12FNO. The topological polar surface area (TPSA) is 12.5 Å². The molecule has 58 valence electrons. The Labute approximate surface area is 60.3 Å². The van der Waals surface area contributed by atoms with Gasteiger partial charge in [-0.25, -0.2) is 4.39 Å². The fourth-order valence-corrected chi connectivity index (χ4v) is 0.958. The minimum atomic E-state index is -0.137. The molecule has 1 fully saturated rings. The van der Waals surface area contributed by atoms with E-state index in [1.165, 1.54) is 13.1 Å². The average molecular weight is 145 g/mol. The molecule has 0 amide bonds. The Bertz CT molecular complexity index is 126. The van der Waals surface area contributed by atoms with Gasteiger partial charge in [-0.2, -0.15) is 0 Å². The maximum absolute atomic E-state index is 12.3. The zero-order valence-corrected chi connectivity index (χ0v) is 6.14. The third-order valence-electron chi connectivity index (χ3n) is 1.41. The molecule has 1 rings (SSSR count). The van der Waals surface area contributed by atoms with E-state index in [1.54, 1.807) is 0 Å². The second-order valence-corrected chi connectivity index (χ2v) is 2.36. The molecule has 1 aliphatic rings. The van der Waals surface area contributed by atoms with Crippen molar-refractivity contribution in [2.24, 2.45) is 0 Å². The predicted molar refractivity (Wildman–Crippen MR) is 37.3 cm³/mol. The molecule has 0 saturated carbocycles. The van der Waals surface area contributed by atoms with Crippen LogP contribution >= 0.6 is 0 Å². The Hall–Kier alpha value is -0.570. The lowest BCUT2D eigenvalue weighted by Gasteiger charge is -2.24. The van der Waals surface area contributed by atoms with Crippen molar-refractivity contribution >= 4 is 0 Å². The maximum Gasteiger partial charge on any atom is 0.113 e. The Morgan fingerprint density at radius 1 is 1.50 bits per heavy atom. The molecule has 0 radical (unpaired) electrons. The van der Waals surface area contributed by atoms with E-state index in [-0.39, 0.29) is 5.83 Å². The van der Waals surface area contributed by atoms with E-state index in [2.05, 4.69) is 0 Å². The number of ether oxygens (including phenoxy) is 1. The van der Waals surface area contributed by atoms with E-state index in [4.69, 9.17) is 4.74 Å². The van der Waals surface area contributed by atoms with Crippen LogP contribution in [-0.2, 0) is 4.74 Å². The van der Waals surface area contributed by atoms with Gasteiger partial charge in [-0.15, -0.1) is 0 Å². The molecular weight excluding hydrogens is 133 g/mol. The molecule has 0 aliphatic carbocycles. The molecule has 0 N–H and O–H groups in total. The third kappa shape index (κ3) is 2.35. The van der Waals surface area contributed by atoms with Crippen molar-refractivity contribution in [3.05, 3.63) is 12.0 Å². The zero-order chi connectivity index (χ0) is 7.40. The molecule has 0 aromatic rings. The summed E-state index contributed by atoms with van der Waals surface area (Å²) >= 11 is 0. The summed E-state index contributed by atoms with van der Waals surface area (Å²) in [5.41, 5.74) is 0. The van der Waals surface area contributed by atoms with Gasteiger partial charge < -0.3 is 9.64 Å². The van der Waals surface area contributed by atoms with E-state index in [1.807, 2.05) is 4.90 Å². The van der Waals surface area contributed by atoms with Gasteiger partial charge in [-0.05, 0) is 6.92 Å². The summed E-state index contributed by atoms with van der Waals surface area (Å²) in [5, 5.41) is 0. The summed E-state index contributed by atoms with van der Waals surface area (Å²) in [4.78, 5) is 1.93. The van der Waals surface area contributed by atoms with Crippen LogP contribution < -0.4 is 0 Å². The molecule has 0 aromatic carbocycles. The summed E-state index contributed by atoms with van der Waals surface area (Å²) < 4.78 is 17.4. The lowest BCUT2D eigenvalue weighted by molar-refractivity contribution is 0.0584. The zero-order valence-electron chi connectivity index (χ0n) is 6.14. The fourth-order valence-electron chi connectivity index (χ4n) is 0.958. The highest BCUT2D eigenvalue weighted by molar-refractivity contribution is 4.87. The molecule has 3 heteroatoms. The van der Waals surface area contributed by atoms with Crippen LogP contribution in [0.1, 0.15) is 6.92 Å². The van der Waals surface area contributed by atoms with Crippen LogP contribution in [0.2, 0.25) is 0 Å². The molecule has 0 unspecified atom stereocenters. The van der Waals surface area contributed by atoms with Crippen LogP contribution in [-0.4, -0.2) is 31.2 Å². The molecule has 1 saturated heterocycles. The van der Waals surface area contributed by atoms with Crippen molar-refractivity contribution in [3.8, 4) is 0 Å².